The molecule has 114 valence electrons. The number of nitrogens with zero attached hydrogens (tertiary/aromatic N) is 1. The van der Waals surface area contributed by atoms with Crippen molar-refractivity contribution in [3.05, 3.63) is 17.7 Å². The third kappa shape index (κ3) is 4.09. The van der Waals surface area contributed by atoms with Gasteiger partial charge in [-0.15, -0.1) is 0 Å². The van der Waals surface area contributed by atoms with Gasteiger partial charge in [0.05, 0.1) is 11.5 Å². The molecule has 0 aliphatic rings. The molecule has 1 rings (SSSR count). The van der Waals surface area contributed by atoms with E-state index in [9.17, 15) is 8.42 Å². The number of anilines is 2. The second-order valence-corrected chi connectivity index (χ2v) is 6.01. The zero-order valence-electron chi connectivity index (χ0n) is 12.2. The van der Waals surface area contributed by atoms with Crippen LogP contribution in [-0.4, -0.2) is 34.7 Å². The Kier molecular flexibility index (Phi) is 5.79. The Morgan fingerprint density at radius 2 is 1.95 bits per heavy atom. The highest BCUT2D eigenvalue weighted by Crippen LogP contribution is 2.29. The zero-order chi connectivity index (χ0) is 15.3. The van der Waals surface area contributed by atoms with Gasteiger partial charge in [0.1, 0.15) is 0 Å². The fourth-order valence-electron chi connectivity index (χ4n) is 2.09. The van der Waals surface area contributed by atoms with Gasteiger partial charge in [0.15, 0.2) is 0 Å². The van der Waals surface area contributed by atoms with Crippen LogP contribution in [0.5, 0.6) is 0 Å². The minimum atomic E-state index is -3.78. The van der Waals surface area contributed by atoms with E-state index >= 15 is 0 Å². The molecule has 0 unspecified atom stereocenters. The average Bonchev–Trinajstić information content (AvgIpc) is 2.36. The maximum absolute atomic E-state index is 11.6. The summed E-state index contributed by atoms with van der Waals surface area (Å²) in [4.78, 5) is 2.10. The van der Waals surface area contributed by atoms with Crippen molar-refractivity contribution in [2.75, 3.05) is 36.9 Å². The number of hydrogen-bond acceptors (Lipinski definition) is 5. The molecule has 6 nitrogen and oxygen atoms in total. The van der Waals surface area contributed by atoms with Gasteiger partial charge in [-0.25, -0.2) is 13.6 Å². The van der Waals surface area contributed by atoms with Crippen LogP contribution in [0.25, 0.3) is 0 Å². The maximum Gasteiger partial charge on any atom is 0.238 e. The molecule has 7 heteroatoms. The van der Waals surface area contributed by atoms with E-state index in [1.165, 1.54) is 6.07 Å². The normalized spacial score (nSPS) is 11.6. The predicted molar refractivity (Wildman–Crippen MR) is 81.3 cm³/mol. The van der Waals surface area contributed by atoms with Crippen LogP contribution in [0.3, 0.4) is 0 Å². The van der Waals surface area contributed by atoms with Crippen molar-refractivity contribution in [2.24, 2.45) is 5.14 Å². The number of rotatable bonds is 7. The number of ether oxygens (including phenoxy) is 1. The molecule has 0 bridgehead atoms. The molecule has 0 aromatic heterocycles. The van der Waals surface area contributed by atoms with Gasteiger partial charge in [-0.2, -0.15) is 0 Å². The summed E-state index contributed by atoms with van der Waals surface area (Å²) in [5.74, 6) is 0. The lowest BCUT2D eigenvalue weighted by Gasteiger charge is -2.26. The highest BCUT2D eigenvalue weighted by Gasteiger charge is 2.18. The summed E-state index contributed by atoms with van der Waals surface area (Å²) in [5.41, 5.74) is 7.56. The van der Waals surface area contributed by atoms with Crippen LogP contribution in [-0.2, 0) is 14.8 Å². The predicted octanol–water partition coefficient (Wildman–Crippen LogP) is 1.09. The summed E-state index contributed by atoms with van der Waals surface area (Å²) in [6.45, 7) is 8.27. The number of likely N-dealkylation sites (N-methyl/N-ethyl adjacent to an activating group) is 1. The number of nitrogens with two attached hydrogens (primary N) is 2. The Balaban J connectivity index is 3.19. The molecular weight excluding hydrogens is 278 g/mol. The van der Waals surface area contributed by atoms with Crippen LogP contribution in [0.2, 0.25) is 0 Å². The van der Waals surface area contributed by atoms with Gasteiger partial charge < -0.3 is 15.4 Å². The van der Waals surface area contributed by atoms with Gasteiger partial charge in [0.25, 0.3) is 0 Å². The van der Waals surface area contributed by atoms with Gasteiger partial charge in [-0.05, 0) is 38.5 Å². The van der Waals surface area contributed by atoms with Crippen molar-refractivity contribution >= 4 is 21.4 Å². The fourth-order valence-corrected chi connectivity index (χ4v) is 2.92. The van der Waals surface area contributed by atoms with E-state index in [0.717, 1.165) is 12.2 Å². The number of hydrogen-bond donors (Lipinski definition) is 2. The number of sulfonamides is 1. The van der Waals surface area contributed by atoms with Crippen LogP contribution in [0.1, 0.15) is 19.4 Å². The van der Waals surface area contributed by atoms with Crippen molar-refractivity contribution in [3.63, 3.8) is 0 Å². The van der Waals surface area contributed by atoms with E-state index in [-0.39, 0.29) is 4.90 Å². The Morgan fingerprint density at radius 3 is 2.45 bits per heavy atom. The summed E-state index contributed by atoms with van der Waals surface area (Å²) in [6.07, 6.45) is 0. The van der Waals surface area contributed by atoms with Gasteiger partial charge in [0, 0.05) is 31.1 Å². The zero-order valence-corrected chi connectivity index (χ0v) is 13.0. The van der Waals surface area contributed by atoms with Crippen molar-refractivity contribution in [1.82, 2.24) is 0 Å². The lowest BCUT2D eigenvalue weighted by atomic mass is 10.1. The quantitative estimate of drug-likeness (QED) is 0.580. The maximum atomic E-state index is 11.6. The van der Waals surface area contributed by atoms with Gasteiger partial charge in [0.2, 0.25) is 10.0 Å². The summed E-state index contributed by atoms with van der Waals surface area (Å²) in [6, 6.07) is 3.16. The second-order valence-electron chi connectivity index (χ2n) is 4.48. The van der Waals surface area contributed by atoms with Crippen molar-refractivity contribution < 1.29 is 13.2 Å². The molecule has 0 spiro atoms. The first-order valence-electron chi connectivity index (χ1n) is 6.56. The first-order valence-corrected chi connectivity index (χ1v) is 8.11. The first kappa shape index (κ1) is 16.7. The van der Waals surface area contributed by atoms with Crippen LogP contribution in [0, 0.1) is 6.92 Å². The molecule has 0 heterocycles. The smallest absolute Gasteiger partial charge is 0.238 e. The van der Waals surface area contributed by atoms with Crippen LogP contribution in [0.15, 0.2) is 17.0 Å². The summed E-state index contributed by atoms with van der Waals surface area (Å²) in [7, 11) is -3.78. The fraction of sp³-hybridized carbons (Fsp3) is 0.538. The van der Waals surface area contributed by atoms with Crippen LogP contribution < -0.4 is 15.8 Å². The summed E-state index contributed by atoms with van der Waals surface area (Å²) < 4.78 is 28.6. The third-order valence-corrected chi connectivity index (χ3v) is 4.13. The molecule has 0 radical (unpaired) electrons. The standard InChI is InChI=1S/C13H23N3O3S/c1-4-16(6-7-19-5-2)12-8-11(14)9-13(10(12)3)20(15,17)18/h8-9H,4-7,14H2,1-3H3,(H2,15,17,18). The molecule has 0 aliphatic carbocycles. The van der Waals surface area contributed by atoms with Gasteiger partial charge >= 0.3 is 0 Å². The molecule has 0 fully saturated rings. The SMILES string of the molecule is CCOCCN(CC)c1cc(N)cc(S(N)(=O)=O)c1C. The topological polar surface area (TPSA) is 98.7 Å². The van der Waals surface area contributed by atoms with E-state index in [2.05, 4.69) is 0 Å². The molecule has 0 saturated heterocycles. The molecule has 0 atom stereocenters. The van der Waals surface area contributed by atoms with Crippen LogP contribution >= 0.6 is 0 Å². The summed E-state index contributed by atoms with van der Waals surface area (Å²) in [5, 5.41) is 5.23. The third-order valence-electron chi connectivity index (χ3n) is 3.09. The van der Waals surface area contributed by atoms with Gasteiger partial charge in [-0.3, -0.25) is 0 Å². The Hall–Kier alpha value is -1.31. The minimum Gasteiger partial charge on any atom is -0.399 e. The highest BCUT2D eigenvalue weighted by molar-refractivity contribution is 7.89. The molecule has 4 N–H and O–H groups in total. The number of nitrogen functional groups attached to an aromatic ring is 1. The number of primary sulfonamides is 1. The molecule has 0 saturated carbocycles. The lowest BCUT2D eigenvalue weighted by molar-refractivity contribution is 0.154. The highest BCUT2D eigenvalue weighted by atomic mass is 32.2. The first-order chi connectivity index (χ1) is 9.31. The molecule has 0 aliphatic heterocycles. The molecule has 1 aromatic rings. The largest absolute Gasteiger partial charge is 0.399 e. The van der Waals surface area contributed by atoms with Crippen LogP contribution in [0.4, 0.5) is 11.4 Å². The van der Waals surface area contributed by atoms with E-state index in [1.54, 1.807) is 13.0 Å². The van der Waals surface area contributed by atoms with E-state index in [4.69, 9.17) is 15.6 Å². The second kappa shape index (κ2) is 6.92. The van der Waals surface area contributed by atoms with E-state index in [0.29, 0.717) is 31.0 Å². The Labute approximate surface area is 120 Å². The van der Waals surface area contributed by atoms with Crippen molar-refractivity contribution in [3.8, 4) is 0 Å². The van der Waals surface area contributed by atoms with Gasteiger partial charge in [-0.1, -0.05) is 0 Å². The summed E-state index contributed by atoms with van der Waals surface area (Å²) >= 11 is 0. The molecule has 20 heavy (non-hydrogen) atoms. The minimum absolute atomic E-state index is 0.0716. The molecular formula is C13H23N3O3S. The van der Waals surface area contributed by atoms with Crippen molar-refractivity contribution in [2.45, 2.75) is 25.7 Å². The Bertz CT molecular complexity index is 558. The Morgan fingerprint density at radius 1 is 1.30 bits per heavy atom. The average molecular weight is 301 g/mol. The molecule has 1 aromatic carbocycles. The number of benzene rings is 1. The lowest BCUT2D eigenvalue weighted by Crippen LogP contribution is -2.28. The monoisotopic (exact) mass is 301 g/mol. The van der Waals surface area contributed by atoms with E-state index in [1.807, 2.05) is 18.7 Å². The molecule has 0 amide bonds. The van der Waals surface area contributed by atoms with E-state index < -0.39 is 10.0 Å². The van der Waals surface area contributed by atoms with Crippen molar-refractivity contribution in [1.29, 1.82) is 0 Å².